The summed E-state index contributed by atoms with van der Waals surface area (Å²) in [7, 11) is 1.96. The molecular formula is C17H17N3. The van der Waals surface area contributed by atoms with Gasteiger partial charge in [0.05, 0.1) is 17.3 Å². The van der Waals surface area contributed by atoms with Gasteiger partial charge in [-0.05, 0) is 31.3 Å². The minimum Gasteiger partial charge on any atom is -0.311 e. The van der Waals surface area contributed by atoms with E-state index in [0.29, 0.717) is 0 Å². The number of likely N-dealkylation sites (N-methyl/N-ethyl adjacent to an activating group) is 1. The van der Waals surface area contributed by atoms with Gasteiger partial charge in [0.25, 0.3) is 0 Å². The lowest BCUT2D eigenvalue weighted by molar-refractivity contribution is 0.570. The Morgan fingerprint density at radius 3 is 2.65 bits per heavy atom. The van der Waals surface area contributed by atoms with Gasteiger partial charge in [0.2, 0.25) is 0 Å². The minimum absolute atomic E-state index is 0.185. The van der Waals surface area contributed by atoms with Crippen molar-refractivity contribution in [2.75, 3.05) is 7.05 Å². The zero-order valence-electron chi connectivity index (χ0n) is 11.5. The van der Waals surface area contributed by atoms with E-state index in [1.54, 1.807) is 0 Å². The highest BCUT2D eigenvalue weighted by Gasteiger charge is 2.12. The quantitative estimate of drug-likeness (QED) is 0.786. The van der Waals surface area contributed by atoms with Crippen LogP contribution in [0.5, 0.6) is 0 Å². The van der Waals surface area contributed by atoms with Crippen LogP contribution >= 0.6 is 0 Å². The van der Waals surface area contributed by atoms with Gasteiger partial charge >= 0.3 is 0 Å². The van der Waals surface area contributed by atoms with Crippen LogP contribution in [-0.4, -0.2) is 17.0 Å². The summed E-state index contributed by atoms with van der Waals surface area (Å²) < 4.78 is 0. The first kappa shape index (κ1) is 12.8. The highest BCUT2D eigenvalue weighted by Crippen LogP contribution is 2.17. The number of pyridine rings is 2. The molecule has 1 N–H and O–H groups in total. The first-order valence-corrected chi connectivity index (χ1v) is 6.79. The third kappa shape index (κ3) is 2.68. The monoisotopic (exact) mass is 263 g/mol. The van der Waals surface area contributed by atoms with E-state index in [9.17, 15) is 0 Å². The molecule has 1 aromatic carbocycles. The number of hydrogen-bond acceptors (Lipinski definition) is 3. The van der Waals surface area contributed by atoms with Crippen molar-refractivity contribution in [3.63, 3.8) is 0 Å². The van der Waals surface area contributed by atoms with E-state index in [1.807, 2.05) is 49.6 Å². The van der Waals surface area contributed by atoms with E-state index in [0.717, 1.165) is 23.3 Å². The number of fused-ring (bicyclic) bond motifs is 1. The summed E-state index contributed by atoms with van der Waals surface area (Å²) in [6.45, 7) is 0. The SMILES string of the molecule is CNC(Cc1ccc2ccccc2n1)c1ccccn1. The number of nitrogens with zero attached hydrogens (tertiary/aromatic N) is 2. The van der Waals surface area contributed by atoms with Crippen molar-refractivity contribution in [2.45, 2.75) is 12.5 Å². The maximum atomic E-state index is 4.72. The van der Waals surface area contributed by atoms with Crippen LogP contribution in [0.15, 0.2) is 60.8 Å². The third-order valence-corrected chi connectivity index (χ3v) is 3.46. The zero-order valence-corrected chi connectivity index (χ0v) is 11.5. The van der Waals surface area contributed by atoms with E-state index in [4.69, 9.17) is 4.98 Å². The lowest BCUT2D eigenvalue weighted by Gasteiger charge is -2.15. The predicted molar refractivity (Wildman–Crippen MR) is 81.5 cm³/mol. The summed E-state index contributed by atoms with van der Waals surface area (Å²) >= 11 is 0. The summed E-state index contributed by atoms with van der Waals surface area (Å²) in [6.07, 6.45) is 2.66. The van der Waals surface area contributed by atoms with E-state index in [1.165, 1.54) is 5.39 Å². The van der Waals surface area contributed by atoms with Gasteiger partial charge in [-0.3, -0.25) is 9.97 Å². The molecule has 1 unspecified atom stereocenters. The fourth-order valence-electron chi connectivity index (χ4n) is 2.37. The molecule has 3 heteroatoms. The molecule has 0 aliphatic rings. The Labute approximate surface area is 118 Å². The normalized spacial score (nSPS) is 12.4. The van der Waals surface area contributed by atoms with Gasteiger partial charge in [0, 0.05) is 23.7 Å². The first-order chi connectivity index (χ1) is 9.86. The number of hydrogen-bond donors (Lipinski definition) is 1. The summed E-state index contributed by atoms with van der Waals surface area (Å²) in [6, 6.07) is 18.6. The fourth-order valence-corrected chi connectivity index (χ4v) is 2.37. The van der Waals surface area contributed by atoms with Crippen LogP contribution in [0.2, 0.25) is 0 Å². The molecule has 0 saturated heterocycles. The molecule has 3 rings (SSSR count). The summed E-state index contributed by atoms with van der Waals surface area (Å²) in [4.78, 5) is 9.14. The molecule has 0 aliphatic heterocycles. The predicted octanol–water partition coefficient (Wildman–Crippen LogP) is 3.13. The number of benzene rings is 1. The molecule has 0 fully saturated rings. The molecular weight excluding hydrogens is 246 g/mol. The second-order valence-corrected chi connectivity index (χ2v) is 4.80. The van der Waals surface area contributed by atoms with Crippen LogP contribution in [-0.2, 0) is 6.42 Å². The second kappa shape index (κ2) is 5.80. The largest absolute Gasteiger partial charge is 0.311 e. The smallest absolute Gasteiger partial charge is 0.0705 e. The van der Waals surface area contributed by atoms with Crippen molar-refractivity contribution in [2.24, 2.45) is 0 Å². The highest BCUT2D eigenvalue weighted by molar-refractivity contribution is 5.78. The van der Waals surface area contributed by atoms with Crippen molar-refractivity contribution in [1.29, 1.82) is 0 Å². The van der Waals surface area contributed by atoms with Crippen LogP contribution < -0.4 is 5.32 Å². The molecule has 0 amide bonds. The Kier molecular flexibility index (Phi) is 3.70. The lowest BCUT2D eigenvalue weighted by atomic mass is 10.1. The molecule has 0 bridgehead atoms. The number of rotatable bonds is 4. The van der Waals surface area contributed by atoms with Crippen LogP contribution in [0.4, 0.5) is 0 Å². The molecule has 20 heavy (non-hydrogen) atoms. The van der Waals surface area contributed by atoms with E-state index in [-0.39, 0.29) is 6.04 Å². The summed E-state index contributed by atoms with van der Waals surface area (Å²) in [5.74, 6) is 0. The van der Waals surface area contributed by atoms with Gasteiger partial charge < -0.3 is 5.32 Å². The number of para-hydroxylation sites is 1. The van der Waals surface area contributed by atoms with Crippen molar-refractivity contribution < 1.29 is 0 Å². The minimum atomic E-state index is 0.185. The van der Waals surface area contributed by atoms with Gasteiger partial charge in [-0.15, -0.1) is 0 Å². The van der Waals surface area contributed by atoms with Gasteiger partial charge in [0.15, 0.2) is 0 Å². The van der Waals surface area contributed by atoms with E-state index in [2.05, 4.69) is 28.5 Å². The van der Waals surface area contributed by atoms with Crippen LogP contribution in [0, 0.1) is 0 Å². The molecule has 2 aromatic heterocycles. The molecule has 0 aliphatic carbocycles. The van der Waals surface area contributed by atoms with E-state index < -0.39 is 0 Å². The number of nitrogens with one attached hydrogen (secondary N) is 1. The maximum absolute atomic E-state index is 4.72. The van der Waals surface area contributed by atoms with Crippen molar-refractivity contribution in [3.8, 4) is 0 Å². The van der Waals surface area contributed by atoms with Gasteiger partial charge in [-0.1, -0.05) is 30.3 Å². The average Bonchev–Trinajstić information content (AvgIpc) is 2.53. The maximum Gasteiger partial charge on any atom is 0.0705 e. The topological polar surface area (TPSA) is 37.8 Å². The average molecular weight is 263 g/mol. The zero-order chi connectivity index (χ0) is 13.8. The molecule has 3 nitrogen and oxygen atoms in total. The molecule has 0 saturated carbocycles. The highest BCUT2D eigenvalue weighted by atomic mass is 14.9. The fraction of sp³-hybridized carbons (Fsp3) is 0.176. The van der Waals surface area contributed by atoms with Gasteiger partial charge in [0.1, 0.15) is 0 Å². The Balaban J connectivity index is 1.87. The first-order valence-electron chi connectivity index (χ1n) is 6.79. The third-order valence-electron chi connectivity index (χ3n) is 3.46. The molecule has 0 spiro atoms. The Morgan fingerprint density at radius 2 is 1.85 bits per heavy atom. The molecule has 0 radical (unpaired) electrons. The van der Waals surface area contributed by atoms with Crippen LogP contribution in [0.3, 0.4) is 0 Å². The Bertz CT molecular complexity index is 695. The van der Waals surface area contributed by atoms with Crippen molar-refractivity contribution in [1.82, 2.24) is 15.3 Å². The van der Waals surface area contributed by atoms with Crippen molar-refractivity contribution >= 4 is 10.9 Å². The molecule has 3 aromatic rings. The molecule has 1 atom stereocenters. The summed E-state index contributed by atoms with van der Waals surface area (Å²) in [5.41, 5.74) is 3.17. The Hall–Kier alpha value is -2.26. The molecule has 2 heterocycles. The number of aromatic nitrogens is 2. The van der Waals surface area contributed by atoms with Gasteiger partial charge in [-0.2, -0.15) is 0 Å². The second-order valence-electron chi connectivity index (χ2n) is 4.80. The van der Waals surface area contributed by atoms with Crippen LogP contribution in [0.1, 0.15) is 17.4 Å². The summed E-state index contributed by atoms with van der Waals surface area (Å²) in [5, 5.41) is 4.49. The molecule has 100 valence electrons. The lowest BCUT2D eigenvalue weighted by Crippen LogP contribution is -2.20. The van der Waals surface area contributed by atoms with Crippen molar-refractivity contribution in [3.05, 3.63) is 72.2 Å². The van der Waals surface area contributed by atoms with Gasteiger partial charge in [-0.25, -0.2) is 0 Å². The van der Waals surface area contributed by atoms with Crippen LogP contribution in [0.25, 0.3) is 10.9 Å². The Morgan fingerprint density at radius 1 is 1.00 bits per heavy atom. The standard InChI is InChI=1S/C17H17N3/c1-18-17(16-8-4-5-11-19-16)12-14-10-9-13-6-2-3-7-15(13)20-14/h2-11,17-18H,12H2,1H3. The van der Waals surface area contributed by atoms with E-state index >= 15 is 0 Å².